The number of amides is 1. The number of hydrogen-bond donors (Lipinski definition) is 1. The average molecular weight is 375 g/mol. The molecule has 2 aromatic heterocycles. The van der Waals surface area contributed by atoms with Crippen molar-refractivity contribution in [2.24, 2.45) is 0 Å². The Morgan fingerprint density at radius 1 is 1.04 bits per heavy atom. The molecule has 26 heavy (non-hydrogen) atoms. The first-order valence-electron chi connectivity index (χ1n) is 7.96. The Hall–Kier alpha value is -3.01. The number of thiazole rings is 1. The van der Waals surface area contributed by atoms with Crippen molar-refractivity contribution in [2.75, 3.05) is 5.32 Å². The van der Waals surface area contributed by atoms with Gasteiger partial charge >= 0.3 is 0 Å². The molecule has 2 heterocycles. The van der Waals surface area contributed by atoms with Crippen molar-refractivity contribution in [3.8, 4) is 16.0 Å². The molecule has 0 aliphatic carbocycles. The first-order chi connectivity index (χ1) is 12.7. The molecule has 4 aromatic rings. The molecule has 0 unspecified atom stereocenters. The highest BCUT2D eigenvalue weighted by Crippen LogP contribution is 2.34. The average Bonchev–Trinajstić information content (AvgIpc) is 3.30. The maximum absolute atomic E-state index is 12.5. The number of hydrogen-bond acceptors (Lipinski definition) is 5. The minimum Gasteiger partial charge on any atom is -0.321 e. The number of benzene rings is 2. The Morgan fingerprint density at radius 2 is 1.85 bits per heavy atom. The number of carbonyl (C=O) groups is 1. The fraction of sp³-hybridized carbons (Fsp3) is 0.0500. The van der Waals surface area contributed by atoms with Gasteiger partial charge in [-0.1, -0.05) is 24.3 Å². The van der Waals surface area contributed by atoms with Gasteiger partial charge in [0.2, 0.25) is 0 Å². The molecule has 0 atom stereocenters. The fourth-order valence-corrected chi connectivity index (χ4v) is 4.46. The van der Waals surface area contributed by atoms with Crippen LogP contribution in [0.25, 0.3) is 20.1 Å². The van der Waals surface area contributed by atoms with Crippen LogP contribution in [0.4, 0.5) is 5.69 Å². The van der Waals surface area contributed by atoms with Gasteiger partial charge in [-0.25, -0.2) is 4.98 Å². The number of nitriles is 1. The van der Waals surface area contributed by atoms with E-state index >= 15 is 0 Å². The van der Waals surface area contributed by atoms with Crippen LogP contribution in [0.1, 0.15) is 15.2 Å². The van der Waals surface area contributed by atoms with Crippen molar-refractivity contribution in [3.63, 3.8) is 0 Å². The van der Waals surface area contributed by atoms with Gasteiger partial charge in [0.15, 0.2) is 0 Å². The molecular weight excluding hydrogens is 362 g/mol. The maximum Gasteiger partial charge on any atom is 0.265 e. The monoisotopic (exact) mass is 375 g/mol. The molecule has 0 saturated carbocycles. The zero-order valence-electron chi connectivity index (χ0n) is 13.6. The number of rotatable bonds is 4. The quantitative estimate of drug-likeness (QED) is 0.523. The predicted molar refractivity (Wildman–Crippen MR) is 107 cm³/mol. The number of aromatic nitrogens is 1. The van der Waals surface area contributed by atoms with Gasteiger partial charge in [0, 0.05) is 5.69 Å². The third-order valence-corrected chi connectivity index (χ3v) is 6.12. The molecule has 0 aliphatic heterocycles. The van der Waals surface area contributed by atoms with Gasteiger partial charge in [0.1, 0.15) is 5.01 Å². The van der Waals surface area contributed by atoms with Gasteiger partial charge in [-0.2, -0.15) is 5.26 Å². The lowest BCUT2D eigenvalue weighted by molar-refractivity contribution is 0.103. The highest BCUT2D eigenvalue weighted by atomic mass is 32.1. The summed E-state index contributed by atoms with van der Waals surface area (Å²) >= 11 is 3.06. The summed E-state index contributed by atoms with van der Waals surface area (Å²) in [4.78, 5) is 18.7. The Balaban J connectivity index is 1.51. The number of para-hydroxylation sites is 1. The molecule has 6 heteroatoms. The number of carbonyl (C=O) groups excluding carboxylic acids is 1. The second-order valence-corrected chi connectivity index (χ2v) is 7.75. The van der Waals surface area contributed by atoms with E-state index < -0.39 is 0 Å². The lowest BCUT2D eigenvalue weighted by atomic mass is 10.1. The predicted octanol–water partition coefficient (Wildman–Crippen LogP) is 5.34. The van der Waals surface area contributed by atoms with E-state index in [-0.39, 0.29) is 5.91 Å². The lowest BCUT2D eigenvalue weighted by Gasteiger charge is -2.04. The summed E-state index contributed by atoms with van der Waals surface area (Å²) in [6, 6.07) is 21.2. The van der Waals surface area contributed by atoms with E-state index in [2.05, 4.69) is 16.4 Å². The van der Waals surface area contributed by atoms with Crippen LogP contribution in [0, 0.1) is 11.3 Å². The van der Waals surface area contributed by atoms with Crippen molar-refractivity contribution in [1.29, 1.82) is 5.26 Å². The van der Waals surface area contributed by atoms with E-state index in [0.717, 1.165) is 25.7 Å². The summed E-state index contributed by atoms with van der Waals surface area (Å²) < 4.78 is 1.14. The number of anilines is 1. The van der Waals surface area contributed by atoms with Crippen LogP contribution in [0.2, 0.25) is 0 Å². The third-order valence-electron chi connectivity index (χ3n) is 3.83. The van der Waals surface area contributed by atoms with E-state index in [4.69, 9.17) is 5.26 Å². The van der Waals surface area contributed by atoms with Gasteiger partial charge in [0.05, 0.1) is 32.5 Å². The summed E-state index contributed by atoms with van der Waals surface area (Å²) in [5.74, 6) is -0.143. The second-order valence-electron chi connectivity index (χ2n) is 5.64. The van der Waals surface area contributed by atoms with Crippen LogP contribution in [0.3, 0.4) is 0 Å². The van der Waals surface area contributed by atoms with Crippen molar-refractivity contribution < 1.29 is 4.79 Å². The van der Waals surface area contributed by atoms with Gasteiger partial charge in [-0.15, -0.1) is 22.7 Å². The van der Waals surface area contributed by atoms with Crippen LogP contribution in [-0.2, 0) is 6.42 Å². The van der Waals surface area contributed by atoms with E-state index in [0.29, 0.717) is 17.0 Å². The Morgan fingerprint density at radius 3 is 2.62 bits per heavy atom. The SMILES string of the molecule is N#CCc1ccc(NC(=O)c2ccc(-c3nc4ccccc4s3)s2)cc1. The molecule has 1 N–H and O–H groups in total. The van der Waals surface area contributed by atoms with Crippen LogP contribution in [-0.4, -0.2) is 10.9 Å². The minimum atomic E-state index is -0.143. The zero-order chi connectivity index (χ0) is 17.9. The van der Waals surface area contributed by atoms with E-state index in [1.54, 1.807) is 11.3 Å². The summed E-state index contributed by atoms with van der Waals surface area (Å²) in [5.41, 5.74) is 2.62. The smallest absolute Gasteiger partial charge is 0.265 e. The Bertz CT molecular complexity index is 1090. The molecule has 0 fully saturated rings. The summed E-state index contributed by atoms with van der Waals surface area (Å²) in [6.45, 7) is 0. The Labute approximate surface area is 158 Å². The first-order valence-corrected chi connectivity index (χ1v) is 9.59. The van der Waals surface area contributed by atoms with Crippen molar-refractivity contribution in [2.45, 2.75) is 6.42 Å². The minimum absolute atomic E-state index is 0.143. The van der Waals surface area contributed by atoms with Crippen molar-refractivity contribution in [1.82, 2.24) is 4.98 Å². The molecule has 0 bridgehead atoms. The first kappa shape index (κ1) is 16.5. The molecular formula is C20H13N3OS2. The zero-order valence-corrected chi connectivity index (χ0v) is 15.2. The molecule has 0 spiro atoms. The molecule has 1 amide bonds. The molecule has 0 saturated heterocycles. The second kappa shape index (κ2) is 7.08. The largest absolute Gasteiger partial charge is 0.321 e. The normalized spacial score (nSPS) is 10.6. The van der Waals surface area contributed by atoms with Crippen LogP contribution < -0.4 is 5.32 Å². The van der Waals surface area contributed by atoms with E-state index in [9.17, 15) is 4.79 Å². The summed E-state index contributed by atoms with van der Waals surface area (Å²) in [7, 11) is 0. The molecule has 0 aliphatic rings. The number of thiophene rings is 1. The van der Waals surface area contributed by atoms with Crippen LogP contribution in [0.15, 0.2) is 60.7 Å². The number of nitrogens with one attached hydrogen (secondary N) is 1. The van der Waals surface area contributed by atoms with Crippen LogP contribution in [0.5, 0.6) is 0 Å². The molecule has 126 valence electrons. The topological polar surface area (TPSA) is 65.8 Å². The van der Waals surface area contributed by atoms with Gasteiger partial charge in [-0.3, -0.25) is 4.79 Å². The molecule has 4 rings (SSSR count). The molecule has 4 nitrogen and oxygen atoms in total. The summed E-state index contributed by atoms with van der Waals surface area (Å²) in [6.07, 6.45) is 0.366. The van der Waals surface area contributed by atoms with Crippen LogP contribution >= 0.6 is 22.7 Å². The fourth-order valence-electron chi connectivity index (χ4n) is 2.54. The van der Waals surface area contributed by atoms with Gasteiger partial charge in [-0.05, 0) is 42.0 Å². The number of fused-ring (bicyclic) bond motifs is 1. The van der Waals surface area contributed by atoms with Gasteiger partial charge in [0.25, 0.3) is 5.91 Å². The van der Waals surface area contributed by atoms with Crippen molar-refractivity contribution in [3.05, 3.63) is 71.1 Å². The highest BCUT2D eigenvalue weighted by molar-refractivity contribution is 7.26. The summed E-state index contributed by atoms with van der Waals surface area (Å²) in [5, 5.41) is 12.5. The van der Waals surface area contributed by atoms with Crippen molar-refractivity contribution >= 4 is 44.5 Å². The van der Waals surface area contributed by atoms with E-state index in [1.807, 2.05) is 60.7 Å². The highest BCUT2D eigenvalue weighted by Gasteiger charge is 2.13. The number of nitrogens with zero attached hydrogens (tertiary/aromatic N) is 2. The van der Waals surface area contributed by atoms with Gasteiger partial charge < -0.3 is 5.32 Å². The lowest BCUT2D eigenvalue weighted by Crippen LogP contribution is -2.09. The standard InChI is InChI=1S/C20H13N3OS2/c21-12-11-13-5-7-14(8-6-13)22-19(24)17-9-10-18(25-17)20-23-15-3-1-2-4-16(15)26-20/h1-10H,11H2,(H,22,24). The van der Waals surface area contributed by atoms with E-state index in [1.165, 1.54) is 11.3 Å². The molecule has 2 aromatic carbocycles. The maximum atomic E-state index is 12.5. The Kier molecular flexibility index (Phi) is 4.48. The third kappa shape index (κ3) is 3.36. The molecule has 0 radical (unpaired) electrons.